The van der Waals surface area contributed by atoms with E-state index in [-0.39, 0.29) is 13.0 Å². The van der Waals surface area contributed by atoms with Crippen LogP contribution in [0.4, 0.5) is 0 Å². The molecule has 0 aliphatic carbocycles. The Labute approximate surface area is 179 Å². The molecule has 0 aromatic carbocycles. The lowest BCUT2D eigenvalue weighted by molar-refractivity contribution is -1.16. The summed E-state index contributed by atoms with van der Waals surface area (Å²) in [6.45, 7) is 5.27. The van der Waals surface area contributed by atoms with Crippen molar-refractivity contribution in [3.8, 4) is 0 Å². The molecule has 0 amide bonds. The van der Waals surface area contributed by atoms with Gasteiger partial charge in [0.1, 0.15) is 13.6 Å². The largest absolute Gasteiger partial charge is 0.550 e. The molecule has 0 aliphatic heterocycles. The predicted molar refractivity (Wildman–Crippen MR) is 116 cm³/mol. The minimum atomic E-state index is -2.02. The van der Waals surface area contributed by atoms with Gasteiger partial charge in [0.05, 0.1) is 6.42 Å². The van der Waals surface area contributed by atoms with Gasteiger partial charge in [0, 0.05) is 5.97 Å². The molecule has 0 heterocycles. The van der Waals surface area contributed by atoms with Crippen LogP contribution in [0.5, 0.6) is 0 Å². The average Bonchev–Trinajstić information content (AvgIpc) is 2.64. The Morgan fingerprint density at radius 3 is 1.31 bits per heavy atom. The number of hydroxylamine groups is 3. The van der Waals surface area contributed by atoms with Crippen LogP contribution in [0, 0.1) is 0 Å². The Bertz CT molecular complexity index is 368. The molecular weight excluding hydrogens is 370 g/mol. The van der Waals surface area contributed by atoms with Gasteiger partial charge >= 0.3 is 5.91 Å². The minimum absolute atomic E-state index is 0.228. The summed E-state index contributed by atoms with van der Waals surface area (Å²) in [5.74, 6) is -3.11. The zero-order valence-corrected chi connectivity index (χ0v) is 19.6. The van der Waals surface area contributed by atoms with Gasteiger partial charge < -0.3 is 20.1 Å². The summed E-state index contributed by atoms with van der Waals surface area (Å²) in [5.41, 5.74) is 0. The fourth-order valence-electron chi connectivity index (χ4n) is 3.23. The van der Waals surface area contributed by atoms with Crippen molar-refractivity contribution in [3.63, 3.8) is 0 Å². The van der Waals surface area contributed by atoms with Crippen molar-refractivity contribution >= 4 is 5.97 Å². The fourth-order valence-corrected chi connectivity index (χ4v) is 3.23. The third-order valence-corrected chi connectivity index (χ3v) is 5.50. The van der Waals surface area contributed by atoms with Crippen molar-refractivity contribution in [2.75, 3.05) is 13.6 Å². The molecule has 176 valence electrons. The van der Waals surface area contributed by atoms with E-state index in [4.69, 9.17) is 9.90 Å². The van der Waals surface area contributed by atoms with Crippen molar-refractivity contribution < 1.29 is 30.0 Å². The summed E-state index contributed by atoms with van der Waals surface area (Å²) in [6.07, 6.45) is 19.5. The van der Waals surface area contributed by atoms with E-state index in [2.05, 4.69) is 6.92 Å². The van der Waals surface area contributed by atoms with Crippen molar-refractivity contribution in [1.82, 2.24) is 0 Å². The molecule has 0 aromatic rings. The third kappa shape index (κ3) is 20.4. The lowest BCUT2D eigenvalue weighted by Gasteiger charge is -2.35. The normalized spacial score (nSPS) is 13.5. The van der Waals surface area contributed by atoms with E-state index >= 15 is 0 Å². The number of aliphatic hydroxyl groups is 2. The molecule has 0 saturated carbocycles. The fraction of sp³-hybridized carbons (Fsp3) is 0.957. The van der Waals surface area contributed by atoms with Crippen LogP contribution < -0.4 is 5.11 Å². The number of carbonyl (C=O) groups excluding carboxylic acids is 1. The smallest absolute Gasteiger partial charge is 0.344 e. The first kappa shape index (κ1) is 30.5. The maximum absolute atomic E-state index is 9.92. The molecule has 1 atom stereocenters. The number of carboxylic acids is 1. The molecule has 0 fully saturated rings. The van der Waals surface area contributed by atoms with Crippen molar-refractivity contribution in [2.24, 2.45) is 0 Å². The highest BCUT2D eigenvalue weighted by Gasteiger charge is 2.43. The molecule has 6 heteroatoms. The van der Waals surface area contributed by atoms with Crippen LogP contribution in [0.1, 0.15) is 124 Å². The molecule has 0 aromatic heterocycles. The molecule has 0 rings (SSSR count). The van der Waals surface area contributed by atoms with Gasteiger partial charge in [-0.2, -0.15) is 0 Å². The molecule has 1 unspecified atom stereocenters. The lowest BCUT2D eigenvalue weighted by Crippen LogP contribution is -2.60. The highest BCUT2D eigenvalue weighted by molar-refractivity contribution is 5.60. The molecular formula is C23H49NO5. The van der Waals surface area contributed by atoms with Gasteiger partial charge in [-0.15, -0.1) is 4.65 Å². The summed E-state index contributed by atoms with van der Waals surface area (Å²) < 4.78 is -0.744. The molecule has 0 radical (unpaired) electrons. The molecule has 0 aliphatic rings. The van der Waals surface area contributed by atoms with Gasteiger partial charge in [0.25, 0.3) is 0 Å². The van der Waals surface area contributed by atoms with E-state index < -0.39 is 16.5 Å². The molecule has 0 saturated heterocycles. The second kappa shape index (κ2) is 19.3. The van der Waals surface area contributed by atoms with Gasteiger partial charge in [-0.25, -0.2) is 5.21 Å². The average molecular weight is 420 g/mol. The first-order valence-electron chi connectivity index (χ1n) is 11.8. The number of aliphatic carboxylic acids is 1. The van der Waals surface area contributed by atoms with Crippen LogP contribution in [0.15, 0.2) is 0 Å². The predicted octanol–water partition coefficient (Wildman–Crippen LogP) is 4.50. The monoisotopic (exact) mass is 419 g/mol. The van der Waals surface area contributed by atoms with Gasteiger partial charge in [0.15, 0.2) is 0 Å². The maximum atomic E-state index is 9.92. The lowest BCUT2D eigenvalue weighted by atomic mass is 10.0. The van der Waals surface area contributed by atoms with E-state index in [1.165, 1.54) is 84.1 Å². The van der Waals surface area contributed by atoms with Gasteiger partial charge in [0.2, 0.25) is 0 Å². The van der Waals surface area contributed by atoms with Crippen LogP contribution in [0.25, 0.3) is 0 Å². The standard InChI is InChI=1S/C21H46NO3.C2H4O2/c1-4-6-7-8-9-10-11-12-13-14-15-16-17-18-19-20-21(23,24)22(3,25)5-2;1-2(3)4/h23-25H,4-20H2,1-3H3;1H3,(H,3,4)/q+1;/p-1. The summed E-state index contributed by atoms with van der Waals surface area (Å²) >= 11 is 0. The second-order valence-corrected chi connectivity index (χ2v) is 8.42. The van der Waals surface area contributed by atoms with E-state index in [0.717, 1.165) is 26.2 Å². The molecule has 0 spiro atoms. The second-order valence-electron chi connectivity index (χ2n) is 8.42. The van der Waals surface area contributed by atoms with Gasteiger partial charge in [-0.3, -0.25) is 0 Å². The number of nitrogens with zero attached hydrogens (tertiary/aromatic N) is 1. The van der Waals surface area contributed by atoms with Crippen LogP contribution in [0.3, 0.4) is 0 Å². The molecule has 0 bridgehead atoms. The summed E-state index contributed by atoms with van der Waals surface area (Å²) in [5, 5.41) is 38.6. The van der Waals surface area contributed by atoms with Crippen LogP contribution in [0.2, 0.25) is 0 Å². The maximum Gasteiger partial charge on any atom is 0.344 e. The van der Waals surface area contributed by atoms with Gasteiger partial charge in [-0.05, 0) is 20.3 Å². The van der Waals surface area contributed by atoms with Crippen LogP contribution in [-0.2, 0) is 4.79 Å². The number of carbonyl (C=O) groups is 1. The van der Waals surface area contributed by atoms with Crippen LogP contribution >= 0.6 is 0 Å². The first-order chi connectivity index (χ1) is 13.6. The van der Waals surface area contributed by atoms with E-state index in [1.54, 1.807) is 6.92 Å². The van der Waals surface area contributed by atoms with E-state index in [0.29, 0.717) is 0 Å². The van der Waals surface area contributed by atoms with Crippen molar-refractivity contribution in [2.45, 2.75) is 129 Å². The number of carboxylic acid groups (broad SMARTS) is 1. The summed E-state index contributed by atoms with van der Waals surface area (Å²) in [4.78, 5) is 8.89. The Morgan fingerprint density at radius 2 is 1.03 bits per heavy atom. The molecule has 3 N–H and O–H groups in total. The number of unbranched alkanes of at least 4 members (excludes halogenated alkanes) is 14. The summed E-state index contributed by atoms with van der Waals surface area (Å²) in [7, 11) is 1.44. The number of quaternary nitrogens is 1. The Balaban J connectivity index is 0. The first-order valence-corrected chi connectivity index (χ1v) is 11.8. The number of rotatable bonds is 18. The van der Waals surface area contributed by atoms with E-state index in [1.807, 2.05) is 0 Å². The number of hydrogen-bond acceptors (Lipinski definition) is 5. The SMILES string of the molecule is CC(=O)[O-].CCCCCCCCCCCCCCCCCC(O)(O)[N+](C)(O)CC. The van der Waals surface area contributed by atoms with Crippen molar-refractivity contribution in [3.05, 3.63) is 0 Å². The summed E-state index contributed by atoms with van der Waals surface area (Å²) in [6, 6.07) is 0. The highest BCUT2D eigenvalue weighted by atomic mass is 16.7. The third-order valence-electron chi connectivity index (χ3n) is 5.50. The Hall–Kier alpha value is -0.690. The topological polar surface area (TPSA) is 101 Å². The van der Waals surface area contributed by atoms with Gasteiger partial charge in [-0.1, -0.05) is 96.8 Å². The zero-order valence-electron chi connectivity index (χ0n) is 19.6. The quantitative estimate of drug-likeness (QED) is 0.131. The number of hydrogen-bond donors (Lipinski definition) is 3. The zero-order chi connectivity index (χ0) is 22.6. The van der Waals surface area contributed by atoms with Crippen LogP contribution in [-0.4, -0.2) is 45.5 Å². The molecule has 29 heavy (non-hydrogen) atoms. The van der Waals surface area contributed by atoms with Crippen molar-refractivity contribution in [1.29, 1.82) is 0 Å². The Morgan fingerprint density at radius 1 is 0.759 bits per heavy atom. The minimum Gasteiger partial charge on any atom is -0.550 e. The Kier molecular flexibility index (Phi) is 20.3. The highest BCUT2D eigenvalue weighted by Crippen LogP contribution is 2.22. The molecule has 6 nitrogen and oxygen atoms in total. The van der Waals surface area contributed by atoms with E-state index in [9.17, 15) is 15.4 Å².